The third-order valence-corrected chi connectivity index (χ3v) is 10.3. The second-order valence-corrected chi connectivity index (χ2v) is 11.8. The maximum atomic E-state index is 13.4. The Hall–Kier alpha value is -1.65. The molecule has 2 unspecified atom stereocenters. The monoisotopic (exact) mass is 407 g/mol. The van der Waals surface area contributed by atoms with Crippen molar-refractivity contribution in [3.05, 3.63) is 65.7 Å². The number of hydrogen-bond donors (Lipinski definition) is 0. The molecule has 3 saturated carbocycles. The van der Waals surface area contributed by atoms with Crippen LogP contribution in [-0.2, 0) is 10.0 Å². The van der Waals surface area contributed by atoms with Gasteiger partial charge in [0.2, 0.25) is 10.0 Å². The fraction of sp³-hybridized carbons (Fsp3) is 0.520. The predicted octanol–water partition coefficient (Wildman–Crippen LogP) is 4.84. The molecule has 152 valence electrons. The number of aryl methyl sites for hydroxylation is 1. The first-order valence-corrected chi connectivity index (χ1v) is 12.6. The normalized spacial score (nSPS) is 38.3. The maximum Gasteiger partial charge on any atom is 0.243 e. The van der Waals surface area contributed by atoms with Gasteiger partial charge in [-0.2, -0.15) is 4.31 Å². The fourth-order valence-corrected chi connectivity index (χ4v) is 8.74. The molecule has 6 rings (SSSR count). The lowest BCUT2D eigenvalue weighted by Gasteiger charge is -2.24. The van der Waals surface area contributed by atoms with Gasteiger partial charge in [-0.15, -0.1) is 0 Å². The van der Waals surface area contributed by atoms with E-state index < -0.39 is 10.0 Å². The minimum absolute atomic E-state index is 0.179. The summed E-state index contributed by atoms with van der Waals surface area (Å²) in [6.45, 7) is 3.40. The van der Waals surface area contributed by atoms with E-state index in [1.165, 1.54) is 31.2 Å². The average Bonchev–Trinajstić information content (AvgIpc) is 3.58. The van der Waals surface area contributed by atoms with E-state index in [0.29, 0.717) is 29.8 Å². The molecule has 2 aromatic carbocycles. The highest BCUT2D eigenvalue weighted by Crippen LogP contribution is 2.81. The van der Waals surface area contributed by atoms with Gasteiger partial charge in [-0.1, -0.05) is 60.9 Å². The third kappa shape index (κ3) is 2.55. The van der Waals surface area contributed by atoms with Crippen molar-refractivity contribution >= 4 is 10.0 Å². The van der Waals surface area contributed by atoms with Crippen molar-refractivity contribution in [2.75, 3.05) is 13.1 Å². The zero-order valence-electron chi connectivity index (χ0n) is 17.0. The second kappa shape index (κ2) is 6.18. The molecule has 2 aromatic rings. The number of hydrogen-bond acceptors (Lipinski definition) is 2. The lowest BCUT2D eigenvalue weighted by Crippen LogP contribution is -2.34. The van der Waals surface area contributed by atoms with E-state index in [-0.39, 0.29) is 5.41 Å². The Morgan fingerprint density at radius 2 is 1.59 bits per heavy atom. The molecule has 0 radical (unpaired) electrons. The fourth-order valence-electron chi connectivity index (χ4n) is 7.22. The van der Waals surface area contributed by atoms with Gasteiger partial charge in [0.15, 0.2) is 0 Å². The van der Waals surface area contributed by atoms with Gasteiger partial charge in [0.1, 0.15) is 0 Å². The lowest BCUT2D eigenvalue weighted by atomic mass is 9.91. The van der Waals surface area contributed by atoms with Crippen LogP contribution in [0.3, 0.4) is 0 Å². The molecule has 6 atom stereocenters. The molecule has 4 fully saturated rings. The second-order valence-electron chi connectivity index (χ2n) is 9.86. The molecule has 4 aliphatic rings. The summed E-state index contributed by atoms with van der Waals surface area (Å²) in [6.07, 6.45) is 5.44. The number of nitrogens with zero attached hydrogens (tertiary/aromatic N) is 1. The molecule has 3 aliphatic carbocycles. The van der Waals surface area contributed by atoms with Crippen LogP contribution in [-0.4, -0.2) is 25.8 Å². The van der Waals surface area contributed by atoms with E-state index in [2.05, 4.69) is 30.3 Å². The Morgan fingerprint density at radius 1 is 0.931 bits per heavy atom. The molecule has 4 heteroatoms. The van der Waals surface area contributed by atoms with Gasteiger partial charge < -0.3 is 0 Å². The predicted molar refractivity (Wildman–Crippen MR) is 114 cm³/mol. The molecule has 0 spiro atoms. The van der Waals surface area contributed by atoms with Gasteiger partial charge in [0.05, 0.1) is 4.90 Å². The van der Waals surface area contributed by atoms with Crippen molar-refractivity contribution in [3.63, 3.8) is 0 Å². The highest BCUT2D eigenvalue weighted by atomic mass is 32.2. The first-order valence-electron chi connectivity index (χ1n) is 11.2. The number of benzene rings is 2. The van der Waals surface area contributed by atoms with Crippen LogP contribution < -0.4 is 0 Å². The van der Waals surface area contributed by atoms with Crippen molar-refractivity contribution in [1.82, 2.24) is 4.31 Å². The van der Waals surface area contributed by atoms with Crippen LogP contribution in [0.4, 0.5) is 0 Å². The highest BCUT2D eigenvalue weighted by Gasteiger charge is 2.79. The van der Waals surface area contributed by atoms with Gasteiger partial charge in [-0.25, -0.2) is 8.42 Å². The molecule has 1 heterocycles. The summed E-state index contributed by atoms with van der Waals surface area (Å²) in [7, 11) is -3.41. The Morgan fingerprint density at radius 3 is 2.24 bits per heavy atom. The van der Waals surface area contributed by atoms with Gasteiger partial charge in [-0.05, 0) is 72.5 Å². The van der Waals surface area contributed by atoms with Crippen LogP contribution in [0.15, 0.2) is 59.5 Å². The Bertz CT molecular complexity index is 1020. The SMILES string of the molecule is Cc1ccc(S(=O)(=O)N2C[C@H]3[C@H](c4ccccc4)C3(C3[C@H]4CCCC[C@@H]34)C2)cc1. The standard InChI is InChI=1S/C25H29NO2S/c1-17-11-13-19(14-12-17)29(27,28)26-15-22-23(18-7-3-2-4-8-18)25(22,16-26)24-20-9-5-6-10-21(20)24/h2-4,7-8,11-14,20-24H,5-6,9-10,15-16H2,1H3/t20-,21+,22-,23-,24?,25?/m0/s1. The molecule has 0 aromatic heterocycles. The molecule has 0 amide bonds. The highest BCUT2D eigenvalue weighted by molar-refractivity contribution is 7.89. The van der Waals surface area contributed by atoms with Crippen LogP contribution in [0.1, 0.15) is 42.7 Å². The Balaban J connectivity index is 1.33. The van der Waals surface area contributed by atoms with E-state index in [0.717, 1.165) is 23.3 Å². The van der Waals surface area contributed by atoms with Crippen molar-refractivity contribution in [2.24, 2.45) is 29.1 Å². The van der Waals surface area contributed by atoms with Crippen LogP contribution >= 0.6 is 0 Å². The third-order valence-electron chi connectivity index (χ3n) is 8.51. The molecular weight excluding hydrogens is 378 g/mol. The zero-order chi connectivity index (χ0) is 19.8. The van der Waals surface area contributed by atoms with Crippen LogP contribution in [0.25, 0.3) is 0 Å². The first-order chi connectivity index (χ1) is 14.0. The summed E-state index contributed by atoms with van der Waals surface area (Å²) < 4.78 is 28.6. The van der Waals surface area contributed by atoms with Crippen molar-refractivity contribution < 1.29 is 8.42 Å². The van der Waals surface area contributed by atoms with Gasteiger partial charge in [0.25, 0.3) is 0 Å². The maximum absolute atomic E-state index is 13.4. The van der Waals surface area contributed by atoms with Crippen molar-refractivity contribution in [2.45, 2.75) is 43.4 Å². The largest absolute Gasteiger partial charge is 0.243 e. The van der Waals surface area contributed by atoms with Gasteiger partial charge in [-0.3, -0.25) is 0 Å². The van der Waals surface area contributed by atoms with Gasteiger partial charge in [0, 0.05) is 13.1 Å². The Kier molecular flexibility index (Phi) is 3.87. The van der Waals surface area contributed by atoms with Crippen LogP contribution in [0.2, 0.25) is 0 Å². The summed E-state index contributed by atoms with van der Waals surface area (Å²) in [4.78, 5) is 0.448. The number of fused-ring (bicyclic) bond motifs is 2. The average molecular weight is 408 g/mol. The molecule has 0 N–H and O–H groups in total. The van der Waals surface area contributed by atoms with Crippen LogP contribution in [0.5, 0.6) is 0 Å². The zero-order valence-corrected chi connectivity index (χ0v) is 17.8. The minimum atomic E-state index is -3.41. The van der Waals surface area contributed by atoms with E-state index in [9.17, 15) is 8.42 Å². The summed E-state index contributed by atoms with van der Waals surface area (Å²) in [5, 5.41) is 0. The van der Waals surface area contributed by atoms with E-state index in [4.69, 9.17) is 0 Å². The quantitative estimate of drug-likeness (QED) is 0.728. The topological polar surface area (TPSA) is 37.4 Å². The number of rotatable bonds is 4. The molecule has 29 heavy (non-hydrogen) atoms. The minimum Gasteiger partial charge on any atom is -0.207 e. The lowest BCUT2D eigenvalue weighted by molar-refractivity contribution is 0.335. The molecular formula is C25H29NO2S. The number of piperidine rings is 1. The summed E-state index contributed by atoms with van der Waals surface area (Å²) in [5.74, 6) is 3.46. The Labute approximate surface area is 174 Å². The smallest absolute Gasteiger partial charge is 0.207 e. The molecule has 1 aliphatic heterocycles. The molecule has 3 nitrogen and oxygen atoms in total. The molecule has 1 saturated heterocycles. The summed E-state index contributed by atoms with van der Waals surface area (Å²) in [5.41, 5.74) is 2.70. The number of sulfonamides is 1. The molecule has 0 bridgehead atoms. The summed E-state index contributed by atoms with van der Waals surface area (Å²) >= 11 is 0. The van der Waals surface area contributed by atoms with Gasteiger partial charge >= 0.3 is 0 Å². The van der Waals surface area contributed by atoms with Crippen molar-refractivity contribution in [1.29, 1.82) is 0 Å². The van der Waals surface area contributed by atoms with E-state index >= 15 is 0 Å². The first kappa shape index (κ1) is 18.1. The van der Waals surface area contributed by atoms with E-state index in [1.54, 1.807) is 12.1 Å². The summed E-state index contributed by atoms with van der Waals surface area (Å²) in [6, 6.07) is 18.2. The van der Waals surface area contributed by atoms with E-state index in [1.807, 2.05) is 23.4 Å². The van der Waals surface area contributed by atoms with Crippen molar-refractivity contribution in [3.8, 4) is 0 Å². The van der Waals surface area contributed by atoms with Crippen LogP contribution in [0, 0.1) is 36.0 Å².